The molecule has 0 N–H and O–H groups in total. The summed E-state index contributed by atoms with van der Waals surface area (Å²) in [5, 5.41) is 0. The molecule has 2 aromatic rings. The smallest absolute Gasteiger partial charge is 0.257 e. The SMILES string of the molecule is O=C(c1ccoc1)N1CC[C@@H]2[C@H]1CCC(=O)N2c1ccccc1. The number of carbonyl (C=O) groups excluding carboxylic acids is 2. The van der Waals surface area contributed by atoms with Crippen molar-refractivity contribution in [2.24, 2.45) is 0 Å². The molecule has 118 valence electrons. The Morgan fingerprint density at radius 3 is 2.65 bits per heavy atom. The summed E-state index contributed by atoms with van der Waals surface area (Å²) in [6.07, 6.45) is 5.02. The average Bonchev–Trinajstić information content (AvgIpc) is 3.24. The fourth-order valence-electron chi connectivity index (χ4n) is 3.79. The van der Waals surface area contributed by atoms with Gasteiger partial charge in [0.25, 0.3) is 5.91 Å². The third-order valence-electron chi connectivity index (χ3n) is 4.83. The van der Waals surface area contributed by atoms with Gasteiger partial charge < -0.3 is 14.2 Å². The number of carbonyl (C=O) groups is 2. The van der Waals surface area contributed by atoms with Crippen molar-refractivity contribution in [1.82, 2.24) is 4.90 Å². The lowest BCUT2D eigenvalue weighted by atomic mass is 9.95. The number of hydrogen-bond donors (Lipinski definition) is 0. The molecule has 2 atom stereocenters. The van der Waals surface area contributed by atoms with E-state index in [2.05, 4.69) is 0 Å². The van der Waals surface area contributed by atoms with Crippen molar-refractivity contribution in [3.63, 3.8) is 0 Å². The van der Waals surface area contributed by atoms with E-state index in [4.69, 9.17) is 4.42 Å². The quantitative estimate of drug-likeness (QED) is 0.857. The molecule has 23 heavy (non-hydrogen) atoms. The fraction of sp³-hybridized carbons (Fsp3) is 0.333. The van der Waals surface area contributed by atoms with E-state index in [0.717, 1.165) is 18.5 Å². The molecule has 5 heteroatoms. The van der Waals surface area contributed by atoms with E-state index in [1.807, 2.05) is 40.1 Å². The summed E-state index contributed by atoms with van der Waals surface area (Å²) in [6, 6.07) is 11.6. The van der Waals surface area contributed by atoms with E-state index in [-0.39, 0.29) is 23.9 Å². The molecule has 2 aliphatic heterocycles. The molecule has 0 spiro atoms. The topological polar surface area (TPSA) is 53.8 Å². The second-order valence-electron chi connectivity index (χ2n) is 6.07. The van der Waals surface area contributed by atoms with Gasteiger partial charge in [0.05, 0.1) is 23.9 Å². The zero-order valence-corrected chi connectivity index (χ0v) is 12.7. The van der Waals surface area contributed by atoms with Crippen LogP contribution in [0.4, 0.5) is 5.69 Å². The van der Waals surface area contributed by atoms with E-state index in [0.29, 0.717) is 18.5 Å². The summed E-state index contributed by atoms with van der Waals surface area (Å²) in [6.45, 7) is 0.677. The van der Waals surface area contributed by atoms with Gasteiger partial charge in [-0.05, 0) is 31.0 Å². The average molecular weight is 310 g/mol. The molecule has 0 aliphatic carbocycles. The highest BCUT2D eigenvalue weighted by molar-refractivity contribution is 5.97. The van der Waals surface area contributed by atoms with Crippen LogP contribution in [-0.2, 0) is 4.79 Å². The maximum Gasteiger partial charge on any atom is 0.257 e. The number of para-hydroxylation sites is 1. The van der Waals surface area contributed by atoms with E-state index in [9.17, 15) is 9.59 Å². The zero-order chi connectivity index (χ0) is 15.8. The molecular formula is C18H18N2O3. The number of amides is 2. The molecule has 2 amide bonds. The van der Waals surface area contributed by atoms with Crippen molar-refractivity contribution in [2.45, 2.75) is 31.3 Å². The summed E-state index contributed by atoms with van der Waals surface area (Å²) in [7, 11) is 0. The number of rotatable bonds is 2. The van der Waals surface area contributed by atoms with Crippen LogP contribution in [0.3, 0.4) is 0 Å². The molecule has 2 fully saturated rings. The molecule has 0 bridgehead atoms. The van der Waals surface area contributed by atoms with Gasteiger partial charge >= 0.3 is 0 Å². The lowest BCUT2D eigenvalue weighted by molar-refractivity contribution is -0.120. The molecule has 1 aromatic carbocycles. The Labute approximate surface area is 134 Å². The predicted octanol–water partition coefficient (Wildman–Crippen LogP) is 2.69. The van der Waals surface area contributed by atoms with Crippen molar-refractivity contribution >= 4 is 17.5 Å². The van der Waals surface area contributed by atoms with Crippen LogP contribution in [0, 0.1) is 0 Å². The number of anilines is 1. The van der Waals surface area contributed by atoms with Crippen LogP contribution < -0.4 is 4.90 Å². The number of hydrogen-bond acceptors (Lipinski definition) is 3. The number of benzene rings is 1. The van der Waals surface area contributed by atoms with Crippen molar-refractivity contribution in [3.05, 3.63) is 54.5 Å². The van der Waals surface area contributed by atoms with E-state index >= 15 is 0 Å². The first-order valence-electron chi connectivity index (χ1n) is 7.96. The molecule has 5 nitrogen and oxygen atoms in total. The number of fused-ring (bicyclic) bond motifs is 1. The van der Waals surface area contributed by atoms with Gasteiger partial charge in [0, 0.05) is 18.7 Å². The first-order valence-corrected chi connectivity index (χ1v) is 7.96. The predicted molar refractivity (Wildman–Crippen MR) is 85.1 cm³/mol. The van der Waals surface area contributed by atoms with Gasteiger partial charge in [0.1, 0.15) is 6.26 Å². The van der Waals surface area contributed by atoms with Crippen LogP contribution in [0.2, 0.25) is 0 Å². The lowest BCUT2D eigenvalue weighted by Crippen LogP contribution is -2.53. The number of piperidine rings is 1. The van der Waals surface area contributed by atoms with Gasteiger partial charge in [-0.1, -0.05) is 18.2 Å². The fourth-order valence-corrected chi connectivity index (χ4v) is 3.79. The summed E-state index contributed by atoms with van der Waals surface area (Å²) in [4.78, 5) is 28.9. The Morgan fingerprint density at radius 1 is 1.09 bits per heavy atom. The maximum atomic E-state index is 12.7. The molecule has 4 rings (SSSR count). The van der Waals surface area contributed by atoms with Crippen molar-refractivity contribution < 1.29 is 14.0 Å². The summed E-state index contributed by atoms with van der Waals surface area (Å²) >= 11 is 0. The van der Waals surface area contributed by atoms with Gasteiger partial charge in [-0.3, -0.25) is 9.59 Å². The first-order chi connectivity index (χ1) is 11.3. The molecule has 0 saturated carbocycles. The molecule has 2 aliphatic rings. The van der Waals surface area contributed by atoms with E-state index in [1.54, 1.807) is 6.07 Å². The monoisotopic (exact) mass is 310 g/mol. The third kappa shape index (κ3) is 2.32. The standard InChI is InChI=1S/C18H18N2O3/c21-17-7-6-15-16(20(17)14-4-2-1-3-5-14)8-10-19(15)18(22)13-9-11-23-12-13/h1-5,9,11-12,15-16H,6-8,10H2/t15-,16-/m1/s1. The molecule has 3 heterocycles. The van der Waals surface area contributed by atoms with Crippen LogP contribution in [-0.4, -0.2) is 35.3 Å². The first kappa shape index (κ1) is 14.1. The summed E-state index contributed by atoms with van der Waals surface area (Å²) in [5.74, 6) is 0.142. The largest absolute Gasteiger partial charge is 0.472 e. The van der Waals surface area contributed by atoms with Crippen LogP contribution >= 0.6 is 0 Å². The van der Waals surface area contributed by atoms with Crippen LogP contribution in [0.25, 0.3) is 0 Å². The Kier molecular flexibility index (Phi) is 3.41. The molecular weight excluding hydrogens is 292 g/mol. The second-order valence-corrected chi connectivity index (χ2v) is 6.07. The normalized spacial score (nSPS) is 23.9. The van der Waals surface area contributed by atoms with Crippen molar-refractivity contribution in [1.29, 1.82) is 0 Å². The Bertz CT molecular complexity index is 711. The molecule has 1 aromatic heterocycles. The third-order valence-corrected chi connectivity index (χ3v) is 4.83. The maximum absolute atomic E-state index is 12.7. The lowest BCUT2D eigenvalue weighted by Gasteiger charge is -2.39. The van der Waals surface area contributed by atoms with Crippen molar-refractivity contribution in [2.75, 3.05) is 11.4 Å². The summed E-state index contributed by atoms with van der Waals surface area (Å²) in [5.41, 5.74) is 1.50. The highest BCUT2D eigenvalue weighted by Gasteiger charge is 2.45. The van der Waals surface area contributed by atoms with E-state index in [1.165, 1.54) is 12.5 Å². The van der Waals surface area contributed by atoms with Crippen LogP contribution in [0.15, 0.2) is 53.3 Å². The van der Waals surface area contributed by atoms with Crippen LogP contribution in [0.5, 0.6) is 0 Å². The summed E-state index contributed by atoms with van der Waals surface area (Å²) < 4.78 is 5.03. The number of likely N-dealkylation sites (tertiary alicyclic amines) is 1. The van der Waals surface area contributed by atoms with Crippen LogP contribution in [0.1, 0.15) is 29.6 Å². The number of furan rings is 1. The molecule has 0 radical (unpaired) electrons. The Hall–Kier alpha value is -2.56. The van der Waals surface area contributed by atoms with Gasteiger partial charge in [-0.25, -0.2) is 0 Å². The minimum atomic E-state index is -0.00592. The van der Waals surface area contributed by atoms with E-state index < -0.39 is 0 Å². The Morgan fingerprint density at radius 2 is 1.91 bits per heavy atom. The van der Waals surface area contributed by atoms with Gasteiger partial charge in [0.2, 0.25) is 5.91 Å². The van der Waals surface area contributed by atoms with Gasteiger partial charge in [-0.2, -0.15) is 0 Å². The molecule has 2 saturated heterocycles. The Balaban J connectivity index is 1.62. The van der Waals surface area contributed by atoms with Gasteiger partial charge in [-0.15, -0.1) is 0 Å². The second kappa shape index (κ2) is 5.57. The minimum absolute atomic E-state index is 0.00592. The minimum Gasteiger partial charge on any atom is -0.472 e. The zero-order valence-electron chi connectivity index (χ0n) is 12.7. The number of nitrogens with zero attached hydrogens (tertiary/aromatic N) is 2. The van der Waals surface area contributed by atoms with Gasteiger partial charge in [0.15, 0.2) is 0 Å². The highest BCUT2D eigenvalue weighted by Crippen LogP contribution is 2.35. The molecule has 0 unspecified atom stereocenters. The highest BCUT2D eigenvalue weighted by atomic mass is 16.3. The van der Waals surface area contributed by atoms with Crippen molar-refractivity contribution in [3.8, 4) is 0 Å².